The van der Waals surface area contributed by atoms with Crippen molar-refractivity contribution in [2.45, 2.75) is 45.7 Å². The van der Waals surface area contributed by atoms with Gasteiger partial charge in [0, 0.05) is 25.2 Å². The number of hydrogen-bond acceptors (Lipinski definition) is 4. The van der Waals surface area contributed by atoms with Crippen LogP contribution in [0.5, 0.6) is 0 Å². The van der Waals surface area contributed by atoms with E-state index in [1.165, 1.54) is 6.42 Å². The molecule has 1 fully saturated rings. The van der Waals surface area contributed by atoms with Crippen molar-refractivity contribution in [2.75, 3.05) is 13.1 Å². The average molecular weight is 327 g/mol. The van der Waals surface area contributed by atoms with Gasteiger partial charge >= 0.3 is 0 Å². The van der Waals surface area contributed by atoms with Gasteiger partial charge in [-0.15, -0.1) is 0 Å². The van der Waals surface area contributed by atoms with Crippen LogP contribution in [0, 0.1) is 13.8 Å². The van der Waals surface area contributed by atoms with Gasteiger partial charge in [0.05, 0.1) is 5.69 Å². The molecule has 1 atom stereocenters. The van der Waals surface area contributed by atoms with Crippen LogP contribution in [0.25, 0.3) is 0 Å². The van der Waals surface area contributed by atoms with Crippen molar-refractivity contribution in [3.8, 4) is 0 Å². The normalized spacial score (nSPS) is 16.2. The number of rotatable bonds is 5. The molecule has 0 radical (unpaired) electrons. The lowest BCUT2D eigenvalue weighted by molar-refractivity contribution is -0.134. The predicted molar refractivity (Wildman–Crippen MR) is 92.4 cm³/mol. The zero-order valence-electron chi connectivity index (χ0n) is 14.4. The van der Waals surface area contributed by atoms with Gasteiger partial charge in [0.2, 0.25) is 5.91 Å². The third-order valence-electron chi connectivity index (χ3n) is 4.71. The van der Waals surface area contributed by atoms with Crippen LogP contribution in [0.15, 0.2) is 34.9 Å². The summed E-state index contributed by atoms with van der Waals surface area (Å²) in [5.74, 6) is 0.963. The number of nitrogens with one attached hydrogen (secondary N) is 1. The molecule has 2 aromatic rings. The molecule has 1 amide bonds. The number of aromatic nitrogens is 1. The van der Waals surface area contributed by atoms with Crippen molar-refractivity contribution in [3.05, 3.63) is 52.9 Å². The molecule has 2 heterocycles. The molecule has 0 unspecified atom stereocenters. The first-order valence-corrected chi connectivity index (χ1v) is 8.65. The Morgan fingerprint density at radius 3 is 2.54 bits per heavy atom. The van der Waals surface area contributed by atoms with Gasteiger partial charge in [0.15, 0.2) is 0 Å². The van der Waals surface area contributed by atoms with Crippen LogP contribution in [0.3, 0.4) is 0 Å². The number of carbonyl (C=O) groups excluding carboxylic acids is 1. The fraction of sp³-hybridized carbons (Fsp3) is 0.474. The van der Waals surface area contributed by atoms with E-state index in [0.29, 0.717) is 6.54 Å². The summed E-state index contributed by atoms with van der Waals surface area (Å²) in [4.78, 5) is 15.0. The van der Waals surface area contributed by atoms with E-state index < -0.39 is 0 Å². The van der Waals surface area contributed by atoms with Crippen molar-refractivity contribution in [1.29, 1.82) is 0 Å². The van der Waals surface area contributed by atoms with Crippen molar-refractivity contribution in [2.24, 2.45) is 0 Å². The molecular weight excluding hydrogens is 302 g/mol. The Bertz CT molecular complexity index is 656. The maximum absolute atomic E-state index is 13.1. The molecule has 5 heteroatoms. The number of amides is 1. The number of nitrogens with zero attached hydrogens (tertiary/aromatic N) is 2. The highest BCUT2D eigenvalue weighted by atomic mass is 16.5. The fourth-order valence-electron chi connectivity index (χ4n) is 3.25. The summed E-state index contributed by atoms with van der Waals surface area (Å²) in [7, 11) is 0. The van der Waals surface area contributed by atoms with Gasteiger partial charge in [-0.05, 0) is 38.7 Å². The van der Waals surface area contributed by atoms with Gasteiger partial charge in [0.25, 0.3) is 0 Å². The van der Waals surface area contributed by atoms with Crippen LogP contribution in [0.4, 0.5) is 0 Å². The van der Waals surface area contributed by atoms with E-state index in [9.17, 15) is 4.79 Å². The molecule has 3 rings (SSSR count). The largest absolute Gasteiger partial charge is 0.361 e. The van der Waals surface area contributed by atoms with Gasteiger partial charge in [-0.3, -0.25) is 10.1 Å². The van der Waals surface area contributed by atoms with Crippen LogP contribution in [-0.2, 0) is 11.3 Å². The lowest BCUT2D eigenvalue weighted by atomic mass is 10.0. The standard InChI is InChI=1S/C19H25N3O2/c1-14-17(15(2)24-21-14)13-20-18(16-9-5-3-6-10-16)19(23)22-11-7-4-8-12-22/h3,5-6,9-10,18,20H,4,7-8,11-13H2,1-2H3/t18-/m1/s1. The number of aryl methyl sites for hydroxylation is 2. The van der Waals surface area contributed by atoms with Crippen LogP contribution in [0.1, 0.15) is 47.9 Å². The zero-order valence-corrected chi connectivity index (χ0v) is 14.4. The molecule has 1 aromatic carbocycles. The van der Waals surface area contributed by atoms with E-state index in [0.717, 1.165) is 48.5 Å². The molecule has 1 aliphatic heterocycles. The number of piperidine rings is 1. The molecule has 1 saturated heterocycles. The van der Waals surface area contributed by atoms with Crippen LogP contribution < -0.4 is 5.32 Å². The zero-order chi connectivity index (χ0) is 16.9. The molecule has 128 valence electrons. The van der Waals surface area contributed by atoms with Crippen LogP contribution >= 0.6 is 0 Å². The van der Waals surface area contributed by atoms with Crippen molar-refractivity contribution >= 4 is 5.91 Å². The van der Waals surface area contributed by atoms with Gasteiger partial charge in [0.1, 0.15) is 11.8 Å². The van der Waals surface area contributed by atoms with E-state index in [1.807, 2.05) is 49.1 Å². The minimum atomic E-state index is -0.335. The molecule has 5 nitrogen and oxygen atoms in total. The monoisotopic (exact) mass is 327 g/mol. The second-order valence-corrected chi connectivity index (χ2v) is 6.41. The molecule has 24 heavy (non-hydrogen) atoms. The third-order valence-corrected chi connectivity index (χ3v) is 4.71. The van der Waals surface area contributed by atoms with Crippen LogP contribution in [-0.4, -0.2) is 29.1 Å². The van der Waals surface area contributed by atoms with Crippen LogP contribution in [0.2, 0.25) is 0 Å². The number of hydrogen-bond donors (Lipinski definition) is 1. The number of carbonyl (C=O) groups is 1. The second-order valence-electron chi connectivity index (χ2n) is 6.41. The first-order valence-electron chi connectivity index (χ1n) is 8.65. The molecule has 1 aliphatic rings. The summed E-state index contributed by atoms with van der Waals surface area (Å²) < 4.78 is 5.22. The smallest absolute Gasteiger partial charge is 0.244 e. The molecule has 1 N–H and O–H groups in total. The third kappa shape index (κ3) is 3.67. The van der Waals surface area contributed by atoms with Gasteiger partial charge in [-0.2, -0.15) is 0 Å². The first kappa shape index (κ1) is 16.7. The van der Waals surface area contributed by atoms with Gasteiger partial charge in [-0.1, -0.05) is 35.5 Å². The molecule has 0 aliphatic carbocycles. The first-order chi connectivity index (χ1) is 11.7. The van der Waals surface area contributed by atoms with Crippen molar-refractivity contribution < 1.29 is 9.32 Å². The second kappa shape index (κ2) is 7.62. The summed E-state index contributed by atoms with van der Waals surface area (Å²) in [6, 6.07) is 9.60. The topological polar surface area (TPSA) is 58.4 Å². The molecular formula is C19H25N3O2. The number of benzene rings is 1. The summed E-state index contributed by atoms with van der Waals surface area (Å²) in [6.45, 7) is 6.11. The Hall–Kier alpha value is -2.14. The van der Waals surface area contributed by atoms with Crippen molar-refractivity contribution in [1.82, 2.24) is 15.4 Å². The highest BCUT2D eigenvalue weighted by Crippen LogP contribution is 2.21. The fourth-order valence-corrected chi connectivity index (χ4v) is 3.25. The van der Waals surface area contributed by atoms with E-state index in [-0.39, 0.29) is 11.9 Å². The predicted octanol–water partition coefficient (Wildman–Crippen LogP) is 3.13. The summed E-state index contributed by atoms with van der Waals surface area (Å²) in [5.41, 5.74) is 2.90. The summed E-state index contributed by atoms with van der Waals surface area (Å²) in [5, 5.41) is 7.42. The van der Waals surface area contributed by atoms with E-state index in [4.69, 9.17) is 4.52 Å². The Labute approximate surface area is 143 Å². The summed E-state index contributed by atoms with van der Waals surface area (Å²) in [6.07, 6.45) is 3.40. The Balaban J connectivity index is 1.78. The Kier molecular flexibility index (Phi) is 5.30. The SMILES string of the molecule is Cc1noc(C)c1CN[C@@H](C(=O)N1CCCCC1)c1ccccc1. The van der Waals surface area contributed by atoms with E-state index in [2.05, 4.69) is 10.5 Å². The maximum Gasteiger partial charge on any atom is 0.244 e. The Morgan fingerprint density at radius 2 is 1.92 bits per heavy atom. The maximum atomic E-state index is 13.1. The van der Waals surface area contributed by atoms with Crippen molar-refractivity contribution in [3.63, 3.8) is 0 Å². The highest BCUT2D eigenvalue weighted by molar-refractivity contribution is 5.83. The summed E-state index contributed by atoms with van der Waals surface area (Å²) >= 11 is 0. The lowest BCUT2D eigenvalue weighted by Gasteiger charge is -2.31. The molecule has 0 bridgehead atoms. The highest BCUT2D eigenvalue weighted by Gasteiger charge is 2.27. The lowest BCUT2D eigenvalue weighted by Crippen LogP contribution is -2.43. The van der Waals surface area contributed by atoms with Gasteiger partial charge < -0.3 is 9.42 Å². The van der Waals surface area contributed by atoms with Gasteiger partial charge in [-0.25, -0.2) is 0 Å². The molecule has 0 spiro atoms. The molecule has 1 aromatic heterocycles. The molecule has 0 saturated carbocycles. The van der Waals surface area contributed by atoms with E-state index >= 15 is 0 Å². The van der Waals surface area contributed by atoms with E-state index in [1.54, 1.807) is 0 Å². The average Bonchev–Trinajstić information content (AvgIpc) is 2.95. The number of likely N-dealkylation sites (tertiary alicyclic amines) is 1. The minimum Gasteiger partial charge on any atom is -0.361 e. The minimum absolute atomic E-state index is 0.160. The Morgan fingerprint density at radius 1 is 1.21 bits per heavy atom. The quantitative estimate of drug-likeness (QED) is 0.916.